The van der Waals surface area contributed by atoms with E-state index in [4.69, 9.17) is 30.8 Å². The van der Waals surface area contributed by atoms with Crippen molar-refractivity contribution in [2.45, 2.75) is 45.8 Å². The molecule has 1 aliphatic heterocycles. The van der Waals surface area contributed by atoms with Crippen molar-refractivity contribution in [2.24, 2.45) is 0 Å². The quantitative estimate of drug-likeness (QED) is 0.657. The monoisotopic (exact) mass is 426 g/mol. The predicted molar refractivity (Wildman–Crippen MR) is 112 cm³/mol. The number of aliphatic carboxylic acids is 1. The first-order valence-corrected chi connectivity index (χ1v) is 10.1. The summed E-state index contributed by atoms with van der Waals surface area (Å²) in [6, 6.07) is 4.96. The maximum Gasteiger partial charge on any atom is 0.491 e. The number of carbonyl (C=O) groups is 2. The Balaban J connectivity index is 2.40. The van der Waals surface area contributed by atoms with Gasteiger partial charge in [-0.25, -0.2) is 4.79 Å². The topological polar surface area (TPSA) is 82.1 Å². The maximum absolute atomic E-state index is 11.5. The van der Waals surface area contributed by atoms with Crippen molar-refractivity contribution >= 4 is 47.6 Å². The molecule has 0 saturated carbocycles. The van der Waals surface area contributed by atoms with E-state index < -0.39 is 30.9 Å². The molecule has 0 amide bonds. The summed E-state index contributed by atoms with van der Waals surface area (Å²) in [5.74, 6) is -0.391. The number of hydrogen-bond acceptors (Lipinski definition) is 6. The van der Waals surface area contributed by atoms with Crippen molar-refractivity contribution in [3.63, 3.8) is 0 Å². The van der Waals surface area contributed by atoms with Crippen LogP contribution < -0.4 is 4.74 Å². The molecular formula is C19H24BClO6S. The molecular weight excluding hydrogens is 403 g/mol. The van der Waals surface area contributed by atoms with Crippen LogP contribution in [0.4, 0.5) is 0 Å². The average molecular weight is 427 g/mol. The molecule has 1 aliphatic rings. The van der Waals surface area contributed by atoms with Crippen molar-refractivity contribution in [1.29, 1.82) is 0 Å². The zero-order valence-corrected chi connectivity index (χ0v) is 18.1. The van der Waals surface area contributed by atoms with Crippen LogP contribution >= 0.6 is 23.4 Å². The molecule has 1 N–H and O–H groups in total. The van der Waals surface area contributed by atoms with Gasteiger partial charge in [-0.2, -0.15) is 0 Å². The van der Waals surface area contributed by atoms with Gasteiger partial charge in [0.05, 0.1) is 11.2 Å². The third-order valence-corrected chi connectivity index (χ3v) is 5.79. The van der Waals surface area contributed by atoms with E-state index in [1.165, 1.54) is 6.92 Å². The highest BCUT2D eigenvalue weighted by atomic mass is 35.5. The summed E-state index contributed by atoms with van der Waals surface area (Å²) >= 11 is 7.17. The fraction of sp³-hybridized carbons (Fsp3) is 0.474. The van der Waals surface area contributed by atoms with Crippen LogP contribution in [0.3, 0.4) is 0 Å². The van der Waals surface area contributed by atoms with Gasteiger partial charge in [-0.05, 0) is 51.4 Å². The van der Waals surface area contributed by atoms with Crippen LogP contribution in [0.1, 0.15) is 40.2 Å². The summed E-state index contributed by atoms with van der Waals surface area (Å²) in [5.41, 5.74) is 0.307. The van der Waals surface area contributed by atoms with Crippen LogP contribution in [0.2, 0.25) is 5.02 Å². The number of halogens is 1. The van der Waals surface area contributed by atoms with Gasteiger partial charge in [0.1, 0.15) is 5.75 Å². The van der Waals surface area contributed by atoms with Crippen molar-refractivity contribution in [2.75, 3.05) is 12.4 Å². The largest absolute Gasteiger partial charge is 0.491 e. The molecule has 0 bridgehead atoms. The van der Waals surface area contributed by atoms with E-state index >= 15 is 0 Å². The van der Waals surface area contributed by atoms with Gasteiger partial charge in [0.15, 0.2) is 11.7 Å². The Hall–Kier alpha value is -1.48. The first-order valence-electron chi connectivity index (χ1n) is 8.75. The summed E-state index contributed by atoms with van der Waals surface area (Å²) in [4.78, 5) is 22.4. The first kappa shape index (κ1) is 22.8. The minimum absolute atomic E-state index is 0.0270. The minimum atomic E-state index is -1.09. The van der Waals surface area contributed by atoms with Crippen molar-refractivity contribution in [3.8, 4) is 5.75 Å². The Bertz CT molecular complexity index is 777. The molecule has 0 spiro atoms. The molecule has 1 fully saturated rings. The number of thioether (sulfide) groups is 1. The van der Waals surface area contributed by atoms with Gasteiger partial charge in [0.25, 0.3) is 0 Å². The van der Waals surface area contributed by atoms with Crippen LogP contribution in [-0.2, 0) is 18.9 Å². The summed E-state index contributed by atoms with van der Waals surface area (Å²) in [7, 11) is -0.639. The van der Waals surface area contributed by atoms with E-state index in [2.05, 4.69) is 0 Å². The summed E-state index contributed by atoms with van der Waals surface area (Å²) in [6.07, 6.45) is 1.80. The van der Waals surface area contributed by atoms with Gasteiger partial charge < -0.3 is 19.2 Å². The molecule has 1 heterocycles. The Morgan fingerprint density at radius 3 is 2.39 bits per heavy atom. The van der Waals surface area contributed by atoms with E-state index in [9.17, 15) is 9.59 Å². The van der Waals surface area contributed by atoms with Gasteiger partial charge in [0.2, 0.25) is 0 Å². The Morgan fingerprint density at radius 2 is 1.86 bits per heavy atom. The van der Waals surface area contributed by atoms with Gasteiger partial charge in [0, 0.05) is 23.3 Å². The smallest absolute Gasteiger partial charge is 0.481 e. The highest BCUT2D eigenvalue weighted by Crippen LogP contribution is 2.40. The van der Waals surface area contributed by atoms with Gasteiger partial charge >= 0.3 is 13.1 Å². The molecule has 0 aromatic heterocycles. The summed E-state index contributed by atoms with van der Waals surface area (Å²) < 4.78 is 17.6. The summed E-state index contributed by atoms with van der Waals surface area (Å²) in [5, 5.41) is 9.29. The number of hydrogen-bond donors (Lipinski definition) is 1. The number of benzene rings is 1. The lowest BCUT2D eigenvalue weighted by Gasteiger charge is -2.32. The summed E-state index contributed by atoms with van der Waals surface area (Å²) in [6.45, 7) is 8.81. The Labute approximate surface area is 174 Å². The molecule has 0 radical (unpaired) electrons. The minimum Gasteiger partial charge on any atom is -0.481 e. The second-order valence-electron chi connectivity index (χ2n) is 7.45. The lowest BCUT2D eigenvalue weighted by Crippen LogP contribution is -2.41. The van der Waals surface area contributed by atoms with Crippen LogP contribution in [0, 0.1) is 0 Å². The third kappa shape index (κ3) is 5.76. The first-order chi connectivity index (χ1) is 12.9. The SMILES string of the molecule is CC(=O)SCC(=Cc1ccc(Cl)cc1OCC(=O)O)B1OC(C)(C)C(C)(C)O1. The number of carbonyl (C=O) groups excluding carboxylic acids is 1. The average Bonchev–Trinajstić information content (AvgIpc) is 2.78. The van der Waals surface area contributed by atoms with E-state index in [1.54, 1.807) is 24.3 Å². The highest BCUT2D eigenvalue weighted by Gasteiger charge is 2.52. The lowest BCUT2D eigenvalue weighted by molar-refractivity contribution is -0.139. The number of carboxylic acids is 1. The van der Waals surface area contributed by atoms with Crippen molar-refractivity contribution < 1.29 is 28.7 Å². The van der Waals surface area contributed by atoms with E-state index in [1.807, 2.05) is 27.7 Å². The molecule has 0 atom stereocenters. The predicted octanol–water partition coefficient (Wildman–Crippen LogP) is 4.10. The third-order valence-electron chi connectivity index (χ3n) is 4.67. The van der Waals surface area contributed by atoms with Crippen LogP contribution in [0.25, 0.3) is 6.08 Å². The fourth-order valence-corrected chi connectivity index (χ4v) is 3.20. The zero-order valence-electron chi connectivity index (χ0n) is 16.6. The molecule has 1 saturated heterocycles. The maximum atomic E-state index is 11.5. The Morgan fingerprint density at radius 1 is 1.25 bits per heavy atom. The molecule has 6 nitrogen and oxygen atoms in total. The molecule has 2 rings (SSSR count). The van der Waals surface area contributed by atoms with E-state index in [0.29, 0.717) is 22.1 Å². The highest BCUT2D eigenvalue weighted by molar-refractivity contribution is 8.13. The molecule has 28 heavy (non-hydrogen) atoms. The fourth-order valence-electron chi connectivity index (χ4n) is 2.45. The van der Waals surface area contributed by atoms with E-state index in [0.717, 1.165) is 17.2 Å². The number of ether oxygens (including phenoxy) is 1. The molecule has 0 unspecified atom stereocenters. The van der Waals surface area contributed by atoms with Crippen LogP contribution in [0.5, 0.6) is 5.75 Å². The van der Waals surface area contributed by atoms with Crippen LogP contribution in [0.15, 0.2) is 23.7 Å². The number of carboxylic acid groups (broad SMARTS) is 1. The Kier molecular flexibility index (Phi) is 7.25. The van der Waals surface area contributed by atoms with Crippen molar-refractivity contribution in [3.05, 3.63) is 34.3 Å². The van der Waals surface area contributed by atoms with Gasteiger partial charge in [-0.1, -0.05) is 29.4 Å². The number of rotatable bonds is 7. The molecule has 1 aromatic rings. The van der Waals surface area contributed by atoms with Gasteiger partial charge in [-0.15, -0.1) is 0 Å². The molecule has 1 aromatic carbocycles. The second-order valence-corrected chi connectivity index (χ2v) is 9.04. The normalized spacial score (nSPS) is 18.2. The lowest BCUT2D eigenvalue weighted by atomic mass is 9.78. The zero-order chi connectivity index (χ0) is 21.1. The van der Waals surface area contributed by atoms with Crippen LogP contribution in [-0.4, -0.2) is 46.9 Å². The molecule has 152 valence electrons. The van der Waals surface area contributed by atoms with Gasteiger partial charge in [-0.3, -0.25) is 4.79 Å². The van der Waals surface area contributed by atoms with E-state index in [-0.39, 0.29) is 5.12 Å². The molecule has 9 heteroatoms. The standard InChI is InChI=1S/C19H24BClO6S/c1-12(22)28-11-14(20-26-18(2,3)19(4,5)27-20)8-13-6-7-15(21)9-16(13)25-10-17(23)24/h6-9H,10-11H2,1-5H3,(H,23,24). The van der Waals surface area contributed by atoms with Crippen molar-refractivity contribution in [1.82, 2.24) is 0 Å². The second kappa shape index (κ2) is 8.90. The molecule has 0 aliphatic carbocycles.